The summed E-state index contributed by atoms with van der Waals surface area (Å²) in [7, 11) is 0. The Balaban J connectivity index is 2.20. The van der Waals surface area contributed by atoms with E-state index in [0.717, 1.165) is 5.56 Å². The van der Waals surface area contributed by atoms with E-state index in [1.807, 2.05) is 6.07 Å². The molecule has 90 valence electrons. The maximum atomic E-state index is 13.5. The maximum Gasteiger partial charge on any atom is 0.188 e. The first kappa shape index (κ1) is 12.6. The van der Waals surface area contributed by atoms with Crippen LogP contribution in [0.3, 0.4) is 0 Å². The minimum absolute atomic E-state index is 0.0540. The van der Waals surface area contributed by atoms with Crippen LogP contribution < -0.4 is 0 Å². The normalized spacial score (nSPS) is 10.8. The van der Waals surface area contributed by atoms with Crippen LogP contribution in [0.15, 0.2) is 53.3 Å². The largest absolute Gasteiger partial charge is 0.289 e. The number of aromatic nitrogens is 1. The number of carbonyl (C=O) groups excluding carboxylic acids is 1. The van der Waals surface area contributed by atoms with E-state index >= 15 is 0 Å². The summed E-state index contributed by atoms with van der Waals surface area (Å²) in [6, 6.07) is 7.94. The van der Waals surface area contributed by atoms with Crippen molar-refractivity contribution in [2.45, 2.75) is 0 Å². The molecule has 0 aliphatic carbocycles. The van der Waals surface area contributed by atoms with Crippen molar-refractivity contribution < 1.29 is 9.18 Å². The second-order valence-corrected chi connectivity index (χ2v) is 4.52. The zero-order valence-electron chi connectivity index (χ0n) is 9.31. The molecule has 0 bridgehead atoms. The topological polar surface area (TPSA) is 30.0 Å². The first-order valence-corrected chi connectivity index (χ1v) is 6.03. The molecule has 0 fully saturated rings. The maximum absolute atomic E-state index is 13.5. The van der Waals surface area contributed by atoms with E-state index in [2.05, 4.69) is 20.9 Å². The molecule has 0 atom stereocenters. The summed E-state index contributed by atoms with van der Waals surface area (Å²) in [5.74, 6) is -0.908. The molecule has 0 saturated heterocycles. The Bertz CT molecular complexity index is 596. The molecule has 4 heteroatoms. The van der Waals surface area contributed by atoms with Gasteiger partial charge in [-0.15, -0.1) is 0 Å². The molecule has 0 N–H and O–H groups in total. The average Bonchev–Trinajstić information content (AvgIpc) is 2.37. The van der Waals surface area contributed by atoms with Gasteiger partial charge >= 0.3 is 0 Å². The Morgan fingerprint density at radius 3 is 2.83 bits per heavy atom. The van der Waals surface area contributed by atoms with Crippen LogP contribution in [-0.4, -0.2) is 10.8 Å². The van der Waals surface area contributed by atoms with Gasteiger partial charge in [-0.05, 0) is 42.0 Å². The van der Waals surface area contributed by atoms with Crippen LogP contribution in [0.4, 0.5) is 4.39 Å². The highest BCUT2D eigenvalue weighted by molar-refractivity contribution is 9.10. The van der Waals surface area contributed by atoms with Crippen LogP contribution in [0, 0.1) is 5.82 Å². The van der Waals surface area contributed by atoms with Crippen molar-refractivity contribution in [1.82, 2.24) is 4.98 Å². The number of pyridine rings is 1. The zero-order valence-corrected chi connectivity index (χ0v) is 10.9. The molecule has 0 spiro atoms. The molecule has 2 rings (SSSR count). The molecule has 1 aromatic heterocycles. The van der Waals surface area contributed by atoms with Crippen LogP contribution in [0.25, 0.3) is 6.08 Å². The highest BCUT2D eigenvalue weighted by Gasteiger charge is 2.08. The van der Waals surface area contributed by atoms with Gasteiger partial charge in [-0.3, -0.25) is 9.78 Å². The van der Waals surface area contributed by atoms with Crippen LogP contribution in [0.1, 0.15) is 15.9 Å². The third kappa shape index (κ3) is 3.11. The summed E-state index contributed by atoms with van der Waals surface area (Å²) in [5.41, 5.74) is 0.849. The second-order valence-electron chi connectivity index (χ2n) is 3.61. The van der Waals surface area contributed by atoms with Crippen LogP contribution >= 0.6 is 15.9 Å². The van der Waals surface area contributed by atoms with Gasteiger partial charge in [0.2, 0.25) is 0 Å². The molecular weight excluding hydrogens is 297 g/mol. The monoisotopic (exact) mass is 305 g/mol. The number of nitrogens with zero attached hydrogens (tertiary/aromatic N) is 1. The van der Waals surface area contributed by atoms with Gasteiger partial charge in [0.15, 0.2) is 5.78 Å². The third-order valence-electron chi connectivity index (χ3n) is 2.31. The predicted molar refractivity (Wildman–Crippen MR) is 71.7 cm³/mol. The van der Waals surface area contributed by atoms with Crippen LogP contribution in [0.2, 0.25) is 0 Å². The smallest absolute Gasteiger partial charge is 0.188 e. The lowest BCUT2D eigenvalue weighted by atomic mass is 10.1. The van der Waals surface area contributed by atoms with E-state index in [4.69, 9.17) is 0 Å². The molecule has 2 nitrogen and oxygen atoms in total. The third-order valence-corrected chi connectivity index (χ3v) is 2.80. The SMILES string of the molecule is O=C(C=Cc1cccnc1)c1ccc(Br)cc1F. The lowest BCUT2D eigenvalue weighted by Crippen LogP contribution is -1.98. The summed E-state index contributed by atoms with van der Waals surface area (Å²) in [4.78, 5) is 15.7. The summed E-state index contributed by atoms with van der Waals surface area (Å²) in [5, 5.41) is 0. The van der Waals surface area contributed by atoms with Gasteiger partial charge in [-0.2, -0.15) is 0 Å². The van der Waals surface area contributed by atoms with Gasteiger partial charge in [0.05, 0.1) is 5.56 Å². The first-order chi connectivity index (χ1) is 8.66. The molecule has 1 aromatic carbocycles. The molecule has 0 aliphatic rings. The van der Waals surface area contributed by atoms with Gasteiger partial charge < -0.3 is 0 Å². The van der Waals surface area contributed by atoms with Crippen LogP contribution in [-0.2, 0) is 0 Å². The lowest BCUT2D eigenvalue weighted by Gasteiger charge is -1.99. The van der Waals surface area contributed by atoms with Crippen LogP contribution in [0.5, 0.6) is 0 Å². The summed E-state index contributed by atoms with van der Waals surface area (Å²) in [6.45, 7) is 0. The van der Waals surface area contributed by atoms with E-state index in [0.29, 0.717) is 4.47 Å². The Hall–Kier alpha value is -1.81. The minimum atomic E-state index is -0.537. The van der Waals surface area contributed by atoms with E-state index in [-0.39, 0.29) is 11.3 Å². The molecule has 2 aromatic rings. The number of allylic oxidation sites excluding steroid dienone is 1. The number of rotatable bonds is 3. The van der Waals surface area contributed by atoms with Crippen molar-refractivity contribution in [3.8, 4) is 0 Å². The molecule has 0 aliphatic heterocycles. The Morgan fingerprint density at radius 2 is 2.17 bits per heavy atom. The van der Waals surface area contributed by atoms with Crippen molar-refractivity contribution in [3.05, 3.63) is 70.2 Å². The summed E-state index contributed by atoms with van der Waals surface area (Å²) >= 11 is 3.14. The van der Waals surface area contributed by atoms with Crippen molar-refractivity contribution in [2.24, 2.45) is 0 Å². The Kier molecular flexibility index (Phi) is 3.99. The molecular formula is C14H9BrFNO. The number of benzene rings is 1. The molecule has 0 unspecified atom stereocenters. The predicted octanol–water partition coefficient (Wildman–Crippen LogP) is 3.88. The van der Waals surface area contributed by atoms with Crippen molar-refractivity contribution in [2.75, 3.05) is 0 Å². The number of hydrogen-bond acceptors (Lipinski definition) is 2. The fourth-order valence-electron chi connectivity index (χ4n) is 1.43. The van der Waals surface area contributed by atoms with Crippen molar-refractivity contribution in [1.29, 1.82) is 0 Å². The molecule has 1 heterocycles. The van der Waals surface area contributed by atoms with E-state index in [9.17, 15) is 9.18 Å². The Morgan fingerprint density at radius 1 is 1.33 bits per heavy atom. The van der Waals surface area contributed by atoms with E-state index in [1.165, 1.54) is 18.2 Å². The summed E-state index contributed by atoms with van der Waals surface area (Å²) < 4.78 is 14.1. The van der Waals surface area contributed by atoms with E-state index < -0.39 is 5.82 Å². The standard InChI is InChI=1S/C14H9BrFNO/c15-11-4-5-12(13(16)8-11)14(18)6-3-10-2-1-7-17-9-10/h1-9H. The number of carbonyl (C=O) groups is 1. The van der Waals surface area contributed by atoms with Gasteiger partial charge in [-0.1, -0.05) is 22.0 Å². The number of hydrogen-bond donors (Lipinski definition) is 0. The average molecular weight is 306 g/mol. The molecule has 18 heavy (non-hydrogen) atoms. The summed E-state index contributed by atoms with van der Waals surface area (Å²) in [6.07, 6.45) is 6.22. The highest BCUT2D eigenvalue weighted by Crippen LogP contribution is 2.16. The van der Waals surface area contributed by atoms with Crippen molar-refractivity contribution in [3.63, 3.8) is 0 Å². The second kappa shape index (κ2) is 5.69. The molecule has 0 amide bonds. The van der Waals surface area contributed by atoms with Gasteiger partial charge in [0.1, 0.15) is 5.82 Å². The van der Waals surface area contributed by atoms with Crippen molar-refractivity contribution >= 4 is 27.8 Å². The zero-order chi connectivity index (χ0) is 13.0. The molecule has 0 radical (unpaired) electrons. The fraction of sp³-hybridized carbons (Fsp3) is 0. The van der Waals surface area contributed by atoms with E-state index in [1.54, 1.807) is 30.6 Å². The minimum Gasteiger partial charge on any atom is -0.289 e. The molecule has 0 saturated carbocycles. The highest BCUT2D eigenvalue weighted by atomic mass is 79.9. The number of ketones is 1. The first-order valence-electron chi connectivity index (χ1n) is 5.24. The lowest BCUT2D eigenvalue weighted by molar-refractivity contribution is 0.104. The number of halogens is 2. The fourth-order valence-corrected chi connectivity index (χ4v) is 1.76. The quantitative estimate of drug-likeness (QED) is 0.636. The Labute approximate surface area is 112 Å². The van der Waals surface area contributed by atoms with Gasteiger partial charge in [0.25, 0.3) is 0 Å². The van der Waals surface area contributed by atoms with Gasteiger partial charge in [0, 0.05) is 16.9 Å². The van der Waals surface area contributed by atoms with Gasteiger partial charge in [-0.25, -0.2) is 4.39 Å².